The zero-order valence-corrected chi connectivity index (χ0v) is 14.8. The maximum absolute atomic E-state index is 11.2. The highest BCUT2D eigenvalue weighted by molar-refractivity contribution is 5.89. The van der Waals surface area contributed by atoms with Crippen molar-refractivity contribution in [2.45, 2.75) is 13.5 Å². The molecule has 0 saturated heterocycles. The van der Waals surface area contributed by atoms with Gasteiger partial charge in [0.05, 0.1) is 0 Å². The highest BCUT2D eigenvalue weighted by Gasteiger charge is 2.06. The number of rotatable bonds is 6. The lowest BCUT2D eigenvalue weighted by molar-refractivity contribution is -0.114. The zero-order chi connectivity index (χ0) is 18.4. The molecule has 0 saturated carbocycles. The molecule has 2 aromatic carbocycles. The van der Waals surface area contributed by atoms with Crippen LogP contribution in [0.5, 0.6) is 0 Å². The topological polar surface area (TPSA) is 70.2 Å². The minimum Gasteiger partial charge on any atom is -0.355 e. The summed E-state index contributed by atoms with van der Waals surface area (Å²) in [6, 6.07) is 19.6. The number of nitrogens with one attached hydrogen (secondary N) is 2. The number of nitrogens with zero attached hydrogens (tertiary/aromatic N) is 3. The molecule has 132 valence electrons. The Balaban J connectivity index is 1.72. The molecular weight excluding hydrogens is 326 g/mol. The molecule has 0 radical (unpaired) electrons. The minimum absolute atomic E-state index is 0.103. The smallest absolute Gasteiger partial charge is 0.221 e. The highest BCUT2D eigenvalue weighted by Crippen LogP contribution is 2.21. The van der Waals surface area contributed by atoms with Crippen LogP contribution in [0, 0.1) is 0 Å². The first-order valence-electron chi connectivity index (χ1n) is 8.32. The maximum Gasteiger partial charge on any atom is 0.221 e. The Morgan fingerprint density at radius 1 is 1.00 bits per heavy atom. The van der Waals surface area contributed by atoms with Gasteiger partial charge in [-0.2, -0.15) is 0 Å². The van der Waals surface area contributed by atoms with Crippen LogP contribution in [0.4, 0.5) is 23.0 Å². The normalized spacial score (nSPS) is 10.2. The van der Waals surface area contributed by atoms with Gasteiger partial charge in [-0.3, -0.25) is 4.79 Å². The van der Waals surface area contributed by atoms with Crippen LogP contribution in [-0.4, -0.2) is 22.9 Å². The van der Waals surface area contributed by atoms with Crippen molar-refractivity contribution in [2.24, 2.45) is 0 Å². The van der Waals surface area contributed by atoms with Crippen molar-refractivity contribution in [1.29, 1.82) is 0 Å². The number of carbonyl (C=O) groups excluding carboxylic acids is 1. The molecule has 0 aliphatic carbocycles. The third-order valence-corrected chi connectivity index (χ3v) is 3.76. The van der Waals surface area contributed by atoms with Crippen LogP contribution in [0.1, 0.15) is 12.5 Å². The Morgan fingerprint density at radius 2 is 1.77 bits per heavy atom. The second kappa shape index (κ2) is 8.11. The van der Waals surface area contributed by atoms with Gasteiger partial charge in [-0.1, -0.05) is 36.4 Å². The third kappa shape index (κ3) is 4.80. The van der Waals surface area contributed by atoms with Gasteiger partial charge in [-0.25, -0.2) is 9.97 Å². The van der Waals surface area contributed by atoms with Crippen molar-refractivity contribution in [2.75, 3.05) is 22.6 Å². The van der Waals surface area contributed by atoms with Gasteiger partial charge < -0.3 is 15.5 Å². The van der Waals surface area contributed by atoms with Gasteiger partial charge in [0.25, 0.3) is 0 Å². The largest absolute Gasteiger partial charge is 0.355 e. The fourth-order valence-electron chi connectivity index (χ4n) is 2.59. The maximum atomic E-state index is 11.2. The molecule has 6 nitrogen and oxygen atoms in total. The quantitative estimate of drug-likeness (QED) is 0.709. The summed E-state index contributed by atoms with van der Waals surface area (Å²) in [5.41, 5.74) is 2.79. The van der Waals surface area contributed by atoms with Gasteiger partial charge in [0.1, 0.15) is 18.0 Å². The Morgan fingerprint density at radius 3 is 2.54 bits per heavy atom. The number of amides is 1. The van der Waals surface area contributed by atoms with E-state index in [2.05, 4.69) is 37.6 Å². The average Bonchev–Trinajstić information content (AvgIpc) is 2.62. The first kappa shape index (κ1) is 17.4. The van der Waals surface area contributed by atoms with Crippen LogP contribution in [-0.2, 0) is 11.3 Å². The lowest BCUT2D eigenvalue weighted by Gasteiger charge is -2.18. The Labute approximate surface area is 152 Å². The van der Waals surface area contributed by atoms with E-state index in [0.717, 1.165) is 23.7 Å². The van der Waals surface area contributed by atoms with Gasteiger partial charge in [0.15, 0.2) is 0 Å². The van der Waals surface area contributed by atoms with E-state index >= 15 is 0 Å². The van der Waals surface area contributed by atoms with Crippen LogP contribution in [0.25, 0.3) is 0 Å². The van der Waals surface area contributed by atoms with Crippen molar-refractivity contribution in [3.05, 3.63) is 72.6 Å². The van der Waals surface area contributed by atoms with E-state index in [1.54, 1.807) is 0 Å². The summed E-state index contributed by atoms with van der Waals surface area (Å²) in [5.74, 6) is 1.41. The molecule has 0 atom stereocenters. The third-order valence-electron chi connectivity index (χ3n) is 3.76. The van der Waals surface area contributed by atoms with Crippen LogP contribution in [0.3, 0.4) is 0 Å². The average molecular weight is 347 g/mol. The fourth-order valence-corrected chi connectivity index (χ4v) is 2.59. The molecule has 0 aliphatic heterocycles. The van der Waals surface area contributed by atoms with Crippen LogP contribution >= 0.6 is 0 Å². The summed E-state index contributed by atoms with van der Waals surface area (Å²) < 4.78 is 0. The molecule has 0 spiro atoms. The molecule has 3 aromatic rings. The number of hydrogen-bond acceptors (Lipinski definition) is 5. The van der Waals surface area contributed by atoms with E-state index in [-0.39, 0.29) is 5.91 Å². The molecule has 26 heavy (non-hydrogen) atoms. The zero-order valence-electron chi connectivity index (χ0n) is 14.8. The number of anilines is 4. The molecule has 0 aliphatic rings. The Hall–Kier alpha value is -3.41. The molecule has 3 rings (SSSR count). The molecule has 0 unspecified atom stereocenters. The molecule has 2 N–H and O–H groups in total. The summed E-state index contributed by atoms with van der Waals surface area (Å²) in [6.45, 7) is 2.24. The van der Waals surface area contributed by atoms with Crippen molar-refractivity contribution < 1.29 is 4.79 Å². The lowest BCUT2D eigenvalue weighted by Crippen LogP contribution is -2.17. The number of aromatic nitrogens is 2. The molecule has 1 heterocycles. The van der Waals surface area contributed by atoms with Gasteiger partial charge in [0, 0.05) is 38.0 Å². The number of carbonyl (C=O) groups is 1. The molecule has 6 heteroatoms. The van der Waals surface area contributed by atoms with Crippen LogP contribution in [0.15, 0.2) is 67.0 Å². The second-order valence-electron chi connectivity index (χ2n) is 5.99. The van der Waals surface area contributed by atoms with Gasteiger partial charge in [-0.05, 0) is 23.8 Å². The second-order valence-corrected chi connectivity index (χ2v) is 5.99. The van der Waals surface area contributed by atoms with Gasteiger partial charge >= 0.3 is 0 Å². The fraction of sp³-hybridized carbons (Fsp3) is 0.150. The molecule has 1 amide bonds. The minimum atomic E-state index is -0.103. The van der Waals surface area contributed by atoms with Crippen LogP contribution < -0.4 is 15.5 Å². The SMILES string of the molecule is CC(=O)Nc1cccc(Nc2cc(N(C)Cc3ccccc3)ncn2)c1. The van der Waals surface area contributed by atoms with Crippen molar-refractivity contribution >= 4 is 28.9 Å². The molecule has 0 bridgehead atoms. The van der Waals surface area contributed by atoms with Crippen molar-refractivity contribution in [1.82, 2.24) is 9.97 Å². The summed E-state index contributed by atoms with van der Waals surface area (Å²) in [7, 11) is 2.00. The molecular formula is C20H21N5O. The van der Waals surface area contributed by atoms with Gasteiger partial charge in [-0.15, -0.1) is 0 Å². The van der Waals surface area contributed by atoms with E-state index in [1.165, 1.54) is 18.8 Å². The molecule has 1 aromatic heterocycles. The van der Waals surface area contributed by atoms with E-state index in [0.29, 0.717) is 5.82 Å². The predicted octanol–water partition coefficient (Wildman–Crippen LogP) is 3.82. The highest BCUT2D eigenvalue weighted by atomic mass is 16.1. The van der Waals surface area contributed by atoms with Gasteiger partial charge in [0.2, 0.25) is 5.91 Å². The first-order valence-corrected chi connectivity index (χ1v) is 8.32. The van der Waals surface area contributed by atoms with E-state index in [9.17, 15) is 4.79 Å². The van der Waals surface area contributed by atoms with Crippen molar-refractivity contribution in [3.63, 3.8) is 0 Å². The standard InChI is InChI=1S/C20H21N5O/c1-15(26)23-17-9-6-10-18(11-17)24-19-12-20(22-14-21-19)25(2)13-16-7-4-3-5-8-16/h3-12,14H,13H2,1-2H3,(H,23,26)(H,21,22,24). The number of hydrogen-bond donors (Lipinski definition) is 2. The summed E-state index contributed by atoms with van der Waals surface area (Å²) in [4.78, 5) is 21.9. The number of benzene rings is 2. The van der Waals surface area contributed by atoms with E-state index in [1.807, 2.05) is 55.6 Å². The lowest BCUT2D eigenvalue weighted by atomic mass is 10.2. The summed E-state index contributed by atoms with van der Waals surface area (Å²) in [5, 5.41) is 6.02. The van der Waals surface area contributed by atoms with Crippen LogP contribution in [0.2, 0.25) is 0 Å². The first-order chi connectivity index (χ1) is 12.6. The van der Waals surface area contributed by atoms with E-state index < -0.39 is 0 Å². The summed E-state index contributed by atoms with van der Waals surface area (Å²) >= 11 is 0. The van der Waals surface area contributed by atoms with E-state index in [4.69, 9.17) is 0 Å². The predicted molar refractivity (Wildman–Crippen MR) is 105 cm³/mol. The Kier molecular flexibility index (Phi) is 5.43. The molecule has 0 fully saturated rings. The summed E-state index contributed by atoms with van der Waals surface area (Å²) in [6.07, 6.45) is 1.54. The Bertz CT molecular complexity index is 882. The monoisotopic (exact) mass is 347 g/mol. The van der Waals surface area contributed by atoms with Crippen molar-refractivity contribution in [3.8, 4) is 0 Å².